The molecule has 0 bridgehead atoms. The Kier molecular flexibility index (Phi) is 6.56. The SMILES string of the molecule is O=C(NCc1ccc(S(=O)C2CCN(CC(F)(F)F)CC2)cn1)c1cc2ccncc2o1. The molecule has 1 N–H and O–H groups in total. The predicted octanol–water partition coefficient (Wildman–Crippen LogP) is 3.29. The summed E-state index contributed by atoms with van der Waals surface area (Å²) < 4.78 is 55.8. The first-order valence-electron chi connectivity index (χ1n) is 10.0. The standard InChI is InChI=1S/C21H21F3N4O3S/c22-21(23,24)13-28-7-4-16(5-8-28)32(30)17-2-1-15(26-11-17)10-27-20(29)18-9-14-3-6-25-12-19(14)31-18/h1-3,6,9,11-12,16H,4-5,7-8,10,13H2,(H,27,29). The molecule has 0 spiro atoms. The highest BCUT2D eigenvalue weighted by Gasteiger charge is 2.33. The van der Waals surface area contributed by atoms with E-state index in [1.54, 1.807) is 30.5 Å². The zero-order valence-electron chi connectivity index (χ0n) is 17.0. The number of likely N-dealkylation sites (tertiary alicyclic amines) is 1. The van der Waals surface area contributed by atoms with E-state index < -0.39 is 23.5 Å². The van der Waals surface area contributed by atoms with Gasteiger partial charge in [-0.2, -0.15) is 13.2 Å². The molecule has 3 aromatic heterocycles. The van der Waals surface area contributed by atoms with Crippen molar-refractivity contribution in [3.8, 4) is 0 Å². The number of aromatic nitrogens is 2. The number of nitrogens with one attached hydrogen (secondary N) is 1. The molecular weight excluding hydrogens is 445 g/mol. The third-order valence-corrected chi connectivity index (χ3v) is 7.03. The fourth-order valence-electron chi connectivity index (χ4n) is 3.62. The highest BCUT2D eigenvalue weighted by Crippen LogP contribution is 2.24. The molecule has 7 nitrogen and oxygen atoms in total. The molecule has 0 aliphatic carbocycles. The number of piperidine rings is 1. The highest BCUT2D eigenvalue weighted by atomic mass is 32.2. The molecule has 11 heteroatoms. The van der Waals surface area contributed by atoms with E-state index in [1.165, 1.54) is 17.3 Å². The van der Waals surface area contributed by atoms with Crippen molar-refractivity contribution in [2.24, 2.45) is 0 Å². The van der Waals surface area contributed by atoms with Crippen molar-refractivity contribution in [2.75, 3.05) is 19.6 Å². The first-order chi connectivity index (χ1) is 15.3. The van der Waals surface area contributed by atoms with Gasteiger partial charge in [0.05, 0.1) is 40.7 Å². The van der Waals surface area contributed by atoms with Gasteiger partial charge in [-0.3, -0.25) is 23.9 Å². The predicted molar refractivity (Wildman–Crippen MR) is 111 cm³/mol. The molecule has 1 fully saturated rings. The number of alkyl halides is 3. The summed E-state index contributed by atoms with van der Waals surface area (Å²) in [5.74, 6) is -0.219. The smallest absolute Gasteiger partial charge is 0.401 e. The van der Waals surface area contributed by atoms with E-state index in [2.05, 4.69) is 15.3 Å². The fraction of sp³-hybridized carbons (Fsp3) is 0.381. The molecule has 0 aromatic carbocycles. The Morgan fingerprint density at radius 1 is 1.22 bits per heavy atom. The number of furan rings is 1. The summed E-state index contributed by atoms with van der Waals surface area (Å²) in [6, 6.07) is 6.73. The highest BCUT2D eigenvalue weighted by molar-refractivity contribution is 7.85. The van der Waals surface area contributed by atoms with E-state index in [-0.39, 0.29) is 36.6 Å². The maximum atomic E-state index is 12.8. The van der Waals surface area contributed by atoms with Crippen LogP contribution in [0.5, 0.6) is 0 Å². The Hall–Kier alpha value is -2.79. The summed E-state index contributed by atoms with van der Waals surface area (Å²) in [6.07, 6.45) is 1.30. The Morgan fingerprint density at radius 2 is 2.00 bits per heavy atom. The Bertz CT molecular complexity index is 1080. The Labute approximate surface area is 184 Å². The fourth-order valence-corrected chi connectivity index (χ4v) is 5.00. The summed E-state index contributed by atoms with van der Waals surface area (Å²) in [5, 5.41) is 3.30. The van der Waals surface area contributed by atoms with Crippen LogP contribution in [0.2, 0.25) is 0 Å². The molecule has 4 rings (SSSR count). The molecule has 1 amide bonds. The first-order valence-corrected chi connectivity index (χ1v) is 11.3. The molecule has 1 atom stereocenters. The molecule has 1 aliphatic heterocycles. The van der Waals surface area contributed by atoms with Crippen LogP contribution in [-0.4, -0.2) is 56.0 Å². The number of nitrogens with zero attached hydrogens (tertiary/aromatic N) is 3. The minimum absolute atomic E-state index is 0.164. The van der Waals surface area contributed by atoms with Crippen molar-refractivity contribution < 1.29 is 26.6 Å². The van der Waals surface area contributed by atoms with Gasteiger partial charge < -0.3 is 9.73 Å². The van der Waals surface area contributed by atoms with Crippen LogP contribution < -0.4 is 5.32 Å². The monoisotopic (exact) mass is 466 g/mol. The van der Waals surface area contributed by atoms with Crippen LogP contribution >= 0.6 is 0 Å². The van der Waals surface area contributed by atoms with Crippen LogP contribution in [0.1, 0.15) is 29.1 Å². The number of pyridine rings is 2. The molecule has 1 saturated heterocycles. The molecule has 4 heterocycles. The number of hydrogen-bond acceptors (Lipinski definition) is 6. The summed E-state index contributed by atoms with van der Waals surface area (Å²) in [5.41, 5.74) is 1.10. The molecule has 1 aliphatic rings. The minimum atomic E-state index is -4.22. The lowest BCUT2D eigenvalue weighted by molar-refractivity contribution is -0.147. The summed E-state index contributed by atoms with van der Waals surface area (Å²) in [6.45, 7) is -0.229. The summed E-state index contributed by atoms with van der Waals surface area (Å²) in [7, 11) is -1.35. The van der Waals surface area contributed by atoms with Gasteiger partial charge in [0.15, 0.2) is 11.3 Å². The van der Waals surface area contributed by atoms with Gasteiger partial charge in [-0.1, -0.05) is 0 Å². The van der Waals surface area contributed by atoms with Crippen LogP contribution in [0, 0.1) is 0 Å². The van der Waals surface area contributed by atoms with Crippen molar-refractivity contribution in [1.29, 1.82) is 0 Å². The number of carbonyl (C=O) groups is 1. The molecule has 170 valence electrons. The van der Waals surface area contributed by atoms with E-state index in [0.29, 0.717) is 29.0 Å². The molecular formula is C21H21F3N4O3S. The minimum Gasteiger partial charge on any atom is -0.449 e. The Morgan fingerprint density at radius 3 is 2.66 bits per heavy atom. The molecule has 0 radical (unpaired) electrons. The number of carbonyl (C=O) groups excluding carboxylic acids is 1. The number of halogens is 3. The van der Waals surface area contributed by atoms with Gasteiger partial charge in [-0.05, 0) is 50.2 Å². The van der Waals surface area contributed by atoms with E-state index in [9.17, 15) is 22.2 Å². The largest absolute Gasteiger partial charge is 0.449 e. The van der Waals surface area contributed by atoms with Gasteiger partial charge in [-0.25, -0.2) is 0 Å². The van der Waals surface area contributed by atoms with Gasteiger partial charge in [0, 0.05) is 23.0 Å². The second kappa shape index (κ2) is 9.37. The van der Waals surface area contributed by atoms with Gasteiger partial charge in [-0.15, -0.1) is 0 Å². The zero-order chi connectivity index (χ0) is 22.7. The quantitative estimate of drug-likeness (QED) is 0.600. The van der Waals surface area contributed by atoms with Crippen LogP contribution in [0.25, 0.3) is 11.0 Å². The normalized spacial score (nSPS) is 16.8. The zero-order valence-corrected chi connectivity index (χ0v) is 17.8. The van der Waals surface area contributed by atoms with E-state index >= 15 is 0 Å². The van der Waals surface area contributed by atoms with Crippen molar-refractivity contribution >= 4 is 27.7 Å². The van der Waals surface area contributed by atoms with E-state index in [1.807, 2.05) is 0 Å². The number of fused-ring (bicyclic) bond motifs is 1. The van der Waals surface area contributed by atoms with Crippen LogP contribution in [-0.2, 0) is 17.3 Å². The molecule has 32 heavy (non-hydrogen) atoms. The van der Waals surface area contributed by atoms with Crippen LogP contribution in [0.15, 0.2) is 52.2 Å². The number of hydrogen-bond donors (Lipinski definition) is 1. The first kappa shape index (κ1) is 22.4. The molecule has 1 unspecified atom stereocenters. The lowest BCUT2D eigenvalue weighted by Gasteiger charge is -2.31. The lowest BCUT2D eigenvalue weighted by Crippen LogP contribution is -2.42. The molecule has 3 aromatic rings. The van der Waals surface area contributed by atoms with E-state index in [0.717, 1.165) is 5.39 Å². The molecule has 0 saturated carbocycles. The third kappa shape index (κ3) is 5.52. The maximum absolute atomic E-state index is 12.8. The topological polar surface area (TPSA) is 88.3 Å². The average molecular weight is 466 g/mol. The maximum Gasteiger partial charge on any atom is 0.401 e. The van der Waals surface area contributed by atoms with E-state index in [4.69, 9.17) is 4.42 Å². The Balaban J connectivity index is 1.29. The van der Waals surface area contributed by atoms with Crippen molar-refractivity contribution in [2.45, 2.75) is 35.7 Å². The number of amides is 1. The third-order valence-electron chi connectivity index (χ3n) is 5.25. The van der Waals surface area contributed by atoms with Crippen LogP contribution in [0.4, 0.5) is 13.2 Å². The van der Waals surface area contributed by atoms with Gasteiger partial charge in [0.25, 0.3) is 5.91 Å². The van der Waals surface area contributed by atoms with Gasteiger partial charge in [0.2, 0.25) is 0 Å². The van der Waals surface area contributed by atoms with Gasteiger partial charge in [0.1, 0.15) is 0 Å². The second-order valence-corrected chi connectivity index (χ2v) is 9.31. The van der Waals surface area contributed by atoms with Gasteiger partial charge >= 0.3 is 6.18 Å². The second-order valence-electron chi connectivity index (χ2n) is 7.58. The average Bonchev–Trinajstić information content (AvgIpc) is 3.21. The van der Waals surface area contributed by atoms with Crippen molar-refractivity contribution in [3.05, 3.63) is 54.3 Å². The summed E-state index contributed by atoms with van der Waals surface area (Å²) in [4.78, 5) is 22.4. The summed E-state index contributed by atoms with van der Waals surface area (Å²) >= 11 is 0. The lowest BCUT2D eigenvalue weighted by atomic mass is 10.1. The van der Waals surface area contributed by atoms with Crippen molar-refractivity contribution in [1.82, 2.24) is 20.2 Å². The number of rotatable bonds is 6. The van der Waals surface area contributed by atoms with Crippen LogP contribution in [0.3, 0.4) is 0 Å². The van der Waals surface area contributed by atoms with Crippen molar-refractivity contribution in [3.63, 3.8) is 0 Å².